The third-order valence-corrected chi connectivity index (χ3v) is 2.57. The van der Waals surface area contributed by atoms with Crippen LogP contribution in [0.4, 0.5) is 5.69 Å². The molecule has 0 aliphatic carbocycles. The lowest BCUT2D eigenvalue weighted by Gasteiger charge is -1.96. The number of hydrogen-bond acceptors (Lipinski definition) is 3. The Bertz CT molecular complexity index is 454. The maximum absolute atomic E-state index is 8.22. The Morgan fingerprint density at radius 3 is 2.64 bits per heavy atom. The van der Waals surface area contributed by atoms with Gasteiger partial charge in [0.1, 0.15) is 0 Å². The quantitative estimate of drug-likeness (QED) is 0.415. The minimum Gasteiger partial charge on any atom is -0.252 e. The van der Waals surface area contributed by atoms with Crippen molar-refractivity contribution in [2.24, 2.45) is 5.11 Å². The van der Waals surface area contributed by atoms with Gasteiger partial charge < -0.3 is 0 Å². The van der Waals surface area contributed by atoms with Gasteiger partial charge >= 0.3 is 0 Å². The van der Waals surface area contributed by atoms with Crippen LogP contribution in [-0.4, -0.2) is 4.98 Å². The van der Waals surface area contributed by atoms with Gasteiger partial charge in [0.2, 0.25) is 0 Å². The van der Waals surface area contributed by atoms with Crippen LogP contribution in [-0.2, 0) is 0 Å². The van der Waals surface area contributed by atoms with Crippen molar-refractivity contribution in [3.05, 3.63) is 46.4 Å². The zero-order chi connectivity index (χ0) is 9.80. The molecule has 14 heavy (non-hydrogen) atoms. The van der Waals surface area contributed by atoms with Gasteiger partial charge in [0.25, 0.3) is 0 Å². The average molecular weight is 202 g/mol. The molecule has 0 spiro atoms. The van der Waals surface area contributed by atoms with Crippen LogP contribution in [0.2, 0.25) is 0 Å². The molecule has 0 aliphatic rings. The molecule has 1 aromatic carbocycles. The molecule has 0 amide bonds. The maximum Gasteiger partial charge on any atom is 0.0797 e. The summed E-state index contributed by atoms with van der Waals surface area (Å²) in [6.07, 6.45) is 1.81. The van der Waals surface area contributed by atoms with Crippen LogP contribution >= 0.6 is 11.3 Å². The summed E-state index contributed by atoms with van der Waals surface area (Å²) >= 11 is 1.58. The summed E-state index contributed by atoms with van der Waals surface area (Å²) in [5.41, 5.74) is 11.7. The van der Waals surface area contributed by atoms with Crippen molar-refractivity contribution in [1.82, 2.24) is 4.98 Å². The fraction of sp³-hybridized carbons (Fsp3) is 0. The Labute approximate surface area is 84.5 Å². The van der Waals surface area contributed by atoms with Gasteiger partial charge in [-0.2, -0.15) is 0 Å². The first-order valence-electron chi connectivity index (χ1n) is 3.94. The van der Waals surface area contributed by atoms with Crippen molar-refractivity contribution < 1.29 is 0 Å². The third-order valence-electron chi connectivity index (χ3n) is 1.74. The summed E-state index contributed by atoms with van der Waals surface area (Å²) in [5, 5.41) is 3.50. The van der Waals surface area contributed by atoms with E-state index in [2.05, 4.69) is 15.0 Å². The van der Waals surface area contributed by atoms with Crippen molar-refractivity contribution in [1.29, 1.82) is 0 Å². The van der Waals surface area contributed by atoms with Crippen LogP contribution in [0.25, 0.3) is 20.9 Å². The van der Waals surface area contributed by atoms with E-state index in [1.807, 2.05) is 18.3 Å². The lowest BCUT2D eigenvalue weighted by atomic mass is 10.2. The van der Waals surface area contributed by atoms with Crippen LogP contribution in [0.1, 0.15) is 0 Å². The van der Waals surface area contributed by atoms with Gasteiger partial charge in [-0.25, -0.2) is 0 Å². The number of aromatic nitrogens is 1. The van der Waals surface area contributed by atoms with Crippen LogP contribution < -0.4 is 0 Å². The predicted octanol–water partition coefficient (Wildman–Crippen LogP) is 3.75. The number of thiazole rings is 1. The van der Waals surface area contributed by atoms with Crippen molar-refractivity contribution in [2.45, 2.75) is 0 Å². The molecule has 0 unspecified atom stereocenters. The lowest BCUT2D eigenvalue weighted by Crippen LogP contribution is -1.70. The van der Waals surface area contributed by atoms with Crippen LogP contribution in [0, 0.1) is 0 Å². The number of rotatable bonds is 2. The highest BCUT2D eigenvalue weighted by Crippen LogP contribution is 2.25. The van der Waals surface area contributed by atoms with Crippen LogP contribution in [0.15, 0.2) is 41.1 Å². The first kappa shape index (κ1) is 8.74. The van der Waals surface area contributed by atoms with Gasteiger partial charge in [-0.1, -0.05) is 29.4 Å². The Kier molecular flexibility index (Phi) is 2.44. The van der Waals surface area contributed by atoms with E-state index in [1.165, 1.54) is 0 Å². The second-order valence-corrected chi connectivity index (χ2v) is 3.49. The minimum atomic E-state index is 0.626. The Hall–Kier alpha value is -1.84. The Balaban J connectivity index is 2.35. The summed E-state index contributed by atoms with van der Waals surface area (Å²) in [7, 11) is 0. The largest absolute Gasteiger partial charge is 0.252 e. The van der Waals surface area contributed by atoms with Gasteiger partial charge in [0.05, 0.1) is 10.4 Å². The summed E-state index contributed by atoms with van der Waals surface area (Å²) in [4.78, 5) is 7.82. The van der Waals surface area contributed by atoms with E-state index in [9.17, 15) is 0 Å². The first-order valence-corrected chi connectivity index (χ1v) is 4.82. The fourth-order valence-electron chi connectivity index (χ4n) is 1.10. The van der Waals surface area contributed by atoms with Gasteiger partial charge in [-0.15, -0.1) is 11.3 Å². The van der Waals surface area contributed by atoms with E-state index in [0.29, 0.717) is 5.69 Å². The van der Waals surface area contributed by atoms with Crippen molar-refractivity contribution >= 4 is 17.0 Å². The number of hydrogen-bond donors (Lipinski definition) is 0. The molecule has 0 atom stereocenters. The average Bonchev–Trinajstić information content (AvgIpc) is 2.72. The summed E-state index contributed by atoms with van der Waals surface area (Å²) in [5.74, 6) is 0. The summed E-state index contributed by atoms with van der Waals surface area (Å²) < 4.78 is 0. The molecule has 5 heteroatoms. The molecule has 0 N–H and O–H groups in total. The highest BCUT2D eigenvalue weighted by atomic mass is 32.1. The van der Waals surface area contributed by atoms with Crippen molar-refractivity contribution in [2.75, 3.05) is 0 Å². The first-order chi connectivity index (χ1) is 6.90. The molecule has 0 fully saturated rings. The van der Waals surface area contributed by atoms with E-state index >= 15 is 0 Å². The van der Waals surface area contributed by atoms with Gasteiger partial charge in [0.15, 0.2) is 0 Å². The van der Waals surface area contributed by atoms with E-state index in [1.54, 1.807) is 29.0 Å². The Morgan fingerprint density at radius 1 is 1.29 bits per heavy atom. The maximum atomic E-state index is 8.22. The number of azide groups is 1. The normalized spacial score (nSPS) is 9.43. The minimum absolute atomic E-state index is 0.626. The van der Waals surface area contributed by atoms with Gasteiger partial charge in [-0.05, 0) is 11.1 Å². The second kappa shape index (κ2) is 3.91. The molecule has 0 bridgehead atoms. The topological polar surface area (TPSA) is 61.7 Å². The zero-order valence-electron chi connectivity index (χ0n) is 7.16. The fourth-order valence-corrected chi connectivity index (χ4v) is 1.73. The highest BCUT2D eigenvalue weighted by molar-refractivity contribution is 7.13. The molecule has 4 nitrogen and oxygen atoms in total. The predicted molar refractivity (Wildman–Crippen MR) is 56.4 cm³/mol. The standard InChI is InChI=1S/C9H6N4S/c10-13-12-8-3-1-7(2-4-8)9-5-11-6-14-9/h1-6H. The van der Waals surface area contributed by atoms with Crippen molar-refractivity contribution in [3.8, 4) is 10.4 Å². The monoisotopic (exact) mass is 202 g/mol. The molecule has 2 aromatic rings. The smallest absolute Gasteiger partial charge is 0.0797 e. The lowest BCUT2D eigenvalue weighted by molar-refractivity contribution is 1.42. The highest BCUT2D eigenvalue weighted by Gasteiger charge is 1.97. The molecule has 0 saturated heterocycles. The van der Waals surface area contributed by atoms with Gasteiger partial charge in [-0.3, -0.25) is 4.98 Å². The SMILES string of the molecule is [N-]=[N+]=Nc1ccc(-c2cncs2)cc1. The third kappa shape index (κ3) is 1.74. The number of nitrogens with zero attached hydrogens (tertiary/aromatic N) is 4. The van der Waals surface area contributed by atoms with Gasteiger partial charge in [0, 0.05) is 16.8 Å². The molecule has 0 saturated carbocycles. The second-order valence-electron chi connectivity index (χ2n) is 2.60. The molecule has 2 rings (SSSR count). The Morgan fingerprint density at radius 2 is 2.07 bits per heavy atom. The summed E-state index contributed by atoms with van der Waals surface area (Å²) in [6.45, 7) is 0. The molecular weight excluding hydrogens is 196 g/mol. The molecule has 1 aromatic heterocycles. The molecule has 0 aliphatic heterocycles. The van der Waals surface area contributed by atoms with E-state index in [0.717, 1.165) is 10.4 Å². The molecule has 0 radical (unpaired) electrons. The zero-order valence-corrected chi connectivity index (χ0v) is 7.98. The van der Waals surface area contributed by atoms with E-state index in [-0.39, 0.29) is 0 Å². The molecule has 1 heterocycles. The van der Waals surface area contributed by atoms with Crippen molar-refractivity contribution in [3.63, 3.8) is 0 Å². The van der Waals surface area contributed by atoms with Crippen LogP contribution in [0.3, 0.4) is 0 Å². The molecule has 68 valence electrons. The van der Waals surface area contributed by atoms with Crippen LogP contribution in [0.5, 0.6) is 0 Å². The number of benzene rings is 1. The van der Waals surface area contributed by atoms with E-state index in [4.69, 9.17) is 5.53 Å². The van der Waals surface area contributed by atoms with E-state index < -0.39 is 0 Å². The summed E-state index contributed by atoms with van der Waals surface area (Å²) in [6, 6.07) is 7.40. The molecular formula is C9H6N4S.